The zero-order chi connectivity index (χ0) is 24.8. The first-order valence-corrected chi connectivity index (χ1v) is 12.8. The van der Waals surface area contributed by atoms with Crippen molar-refractivity contribution in [2.75, 3.05) is 17.0 Å². The van der Waals surface area contributed by atoms with Gasteiger partial charge in [-0.3, -0.25) is 5.21 Å². The van der Waals surface area contributed by atoms with E-state index >= 15 is 0 Å². The minimum atomic E-state index is -0.368. The van der Waals surface area contributed by atoms with Gasteiger partial charge in [-0.25, -0.2) is 15.2 Å². The van der Waals surface area contributed by atoms with Crippen LogP contribution in [0.1, 0.15) is 56.6 Å². The van der Waals surface area contributed by atoms with Gasteiger partial charge in [0.15, 0.2) is 0 Å². The highest BCUT2D eigenvalue weighted by molar-refractivity contribution is 7.15. The van der Waals surface area contributed by atoms with Gasteiger partial charge in [-0.1, -0.05) is 36.8 Å². The van der Waals surface area contributed by atoms with Crippen LogP contribution in [0.2, 0.25) is 0 Å². The number of hydrogen-bond acceptors (Lipinski definition) is 7. The minimum Gasteiger partial charge on any atom is -0.334 e. The minimum absolute atomic E-state index is 0.276. The molecule has 0 bridgehead atoms. The molecule has 35 heavy (non-hydrogen) atoms. The van der Waals surface area contributed by atoms with E-state index in [0.717, 1.165) is 39.1 Å². The van der Waals surface area contributed by atoms with Crippen molar-refractivity contribution < 1.29 is 10.0 Å². The lowest BCUT2D eigenvalue weighted by Crippen LogP contribution is -2.47. The van der Waals surface area contributed by atoms with Crippen LogP contribution in [0, 0.1) is 0 Å². The molecule has 0 saturated carbocycles. The smallest absolute Gasteiger partial charge is 0.319 e. The summed E-state index contributed by atoms with van der Waals surface area (Å²) in [6, 6.07) is 15.2. The van der Waals surface area contributed by atoms with Gasteiger partial charge in [0.1, 0.15) is 5.01 Å². The third-order valence-electron chi connectivity index (χ3n) is 5.62. The van der Waals surface area contributed by atoms with Crippen molar-refractivity contribution >= 4 is 28.7 Å². The van der Waals surface area contributed by atoms with Crippen LogP contribution in [0.4, 0.5) is 16.2 Å². The Kier molecular flexibility index (Phi) is 8.02. The van der Waals surface area contributed by atoms with Gasteiger partial charge in [0.25, 0.3) is 0 Å². The summed E-state index contributed by atoms with van der Waals surface area (Å²) in [5, 5.41) is 22.3. The van der Waals surface area contributed by atoms with Gasteiger partial charge >= 0.3 is 6.03 Å². The maximum atomic E-state index is 12.5. The molecule has 8 nitrogen and oxygen atoms in total. The Morgan fingerprint density at radius 2 is 2.00 bits per heavy atom. The number of urea groups is 1. The average molecular weight is 495 g/mol. The van der Waals surface area contributed by atoms with E-state index in [1.54, 1.807) is 17.4 Å². The lowest BCUT2D eigenvalue weighted by atomic mass is 10.1. The van der Waals surface area contributed by atoms with E-state index in [4.69, 9.17) is 0 Å². The molecule has 0 unspecified atom stereocenters. The summed E-state index contributed by atoms with van der Waals surface area (Å²) in [5.41, 5.74) is 5.66. The van der Waals surface area contributed by atoms with Gasteiger partial charge in [0.05, 0.1) is 16.6 Å². The molecule has 2 aromatic carbocycles. The molecule has 0 aliphatic carbocycles. The Hall–Kier alpha value is -2.98. The molecule has 2 amide bonds. The van der Waals surface area contributed by atoms with E-state index in [-0.39, 0.29) is 17.6 Å². The molecule has 0 radical (unpaired) electrons. The molecule has 9 heteroatoms. The summed E-state index contributed by atoms with van der Waals surface area (Å²) in [4.78, 5) is 18.1. The number of nitrogens with zero attached hydrogens (tertiary/aromatic N) is 2. The Labute approximate surface area is 210 Å². The maximum absolute atomic E-state index is 12.5. The molecule has 2 heterocycles. The number of amides is 2. The maximum Gasteiger partial charge on any atom is 0.319 e. The highest BCUT2D eigenvalue weighted by atomic mass is 32.1. The van der Waals surface area contributed by atoms with Crippen LogP contribution in [0.25, 0.3) is 10.4 Å². The lowest BCUT2D eigenvalue weighted by molar-refractivity contribution is 0.173. The fourth-order valence-corrected chi connectivity index (χ4v) is 5.02. The topological polar surface area (TPSA) is 102 Å². The standard InChI is InChI=1S/C26H34N6O2S/c1-26(2,3)31-32(34)22-15-19(30-25(33)29-16-18-9-5-4-6-10-18)12-13-20(22)23-17-28-24(35-23)21-11-7-8-14-27-21/h4-6,9-10,12-13,15,17,21,27,31,34H,7-8,11,14,16H2,1-3H3,(H2,29,30,33)/t21-/m0/s1. The molecule has 1 aliphatic rings. The summed E-state index contributed by atoms with van der Waals surface area (Å²) in [7, 11) is 0. The molecule has 3 aromatic rings. The van der Waals surface area contributed by atoms with E-state index < -0.39 is 0 Å². The summed E-state index contributed by atoms with van der Waals surface area (Å²) < 4.78 is 0. The molecule has 1 aliphatic heterocycles. The van der Waals surface area contributed by atoms with Gasteiger partial charge in [-0.05, 0) is 63.9 Å². The van der Waals surface area contributed by atoms with Gasteiger partial charge in [0, 0.05) is 29.5 Å². The number of nitrogens with one attached hydrogen (secondary N) is 4. The molecule has 5 N–H and O–H groups in total. The second-order valence-electron chi connectivity index (χ2n) is 9.76. The molecule has 1 fully saturated rings. The molecule has 1 saturated heterocycles. The fraction of sp³-hybridized carbons (Fsp3) is 0.385. The van der Waals surface area contributed by atoms with Crippen LogP contribution in [0.3, 0.4) is 0 Å². The first kappa shape index (κ1) is 25.1. The van der Waals surface area contributed by atoms with Gasteiger partial charge in [0.2, 0.25) is 0 Å². The fourth-order valence-electron chi connectivity index (χ4n) is 3.96. The monoisotopic (exact) mass is 494 g/mol. The zero-order valence-electron chi connectivity index (χ0n) is 20.5. The second-order valence-corrected chi connectivity index (χ2v) is 10.8. The summed E-state index contributed by atoms with van der Waals surface area (Å²) in [5.74, 6) is 0. The predicted molar refractivity (Wildman–Crippen MR) is 142 cm³/mol. The number of hydrazine groups is 1. The molecule has 0 spiro atoms. The van der Waals surface area contributed by atoms with Crippen molar-refractivity contribution in [3.05, 3.63) is 65.3 Å². The van der Waals surface area contributed by atoms with Crippen molar-refractivity contribution in [2.24, 2.45) is 0 Å². The Bertz CT molecular complexity index is 1120. The number of carbonyl (C=O) groups is 1. The predicted octanol–water partition coefficient (Wildman–Crippen LogP) is 5.45. The Morgan fingerprint density at radius 1 is 1.20 bits per heavy atom. The average Bonchev–Trinajstić information content (AvgIpc) is 3.33. The molecular formula is C26H34N6O2S. The number of rotatable bonds is 7. The summed E-state index contributed by atoms with van der Waals surface area (Å²) in [6.07, 6.45) is 5.34. The highest BCUT2D eigenvalue weighted by Crippen LogP contribution is 2.38. The van der Waals surface area contributed by atoms with Crippen LogP contribution in [0.15, 0.2) is 54.7 Å². The van der Waals surface area contributed by atoms with Crippen LogP contribution in [0.5, 0.6) is 0 Å². The van der Waals surface area contributed by atoms with Crippen molar-refractivity contribution in [1.29, 1.82) is 0 Å². The first-order chi connectivity index (χ1) is 16.8. The lowest BCUT2D eigenvalue weighted by Gasteiger charge is -2.29. The van der Waals surface area contributed by atoms with Crippen LogP contribution in [-0.2, 0) is 6.54 Å². The third kappa shape index (κ3) is 7.02. The molecule has 4 rings (SSSR count). The molecule has 1 aromatic heterocycles. The van der Waals surface area contributed by atoms with E-state index in [1.165, 1.54) is 12.8 Å². The number of benzene rings is 2. The number of hydrogen-bond donors (Lipinski definition) is 5. The van der Waals surface area contributed by atoms with E-state index in [2.05, 4.69) is 26.4 Å². The third-order valence-corrected chi connectivity index (χ3v) is 6.76. The normalized spacial score (nSPS) is 16.1. The van der Waals surface area contributed by atoms with Crippen LogP contribution in [-0.4, -0.2) is 28.3 Å². The van der Waals surface area contributed by atoms with Crippen molar-refractivity contribution in [3.63, 3.8) is 0 Å². The number of aromatic nitrogens is 1. The van der Waals surface area contributed by atoms with Crippen molar-refractivity contribution in [3.8, 4) is 10.4 Å². The summed E-state index contributed by atoms with van der Waals surface area (Å²) in [6.45, 7) is 7.34. The van der Waals surface area contributed by atoms with Gasteiger partial charge in [-0.2, -0.15) is 5.17 Å². The van der Waals surface area contributed by atoms with E-state index in [1.807, 2.05) is 69.4 Å². The Morgan fingerprint density at radius 3 is 2.71 bits per heavy atom. The highest BCUT2D eigenvalue weighted by Gasteiger charge is 2.22. The SMILES string of the molecule is CC(C)(C)NN(O)c1cc(NC(=O)NCc2ccccc2)ccc1-c1cnc([C@@H]2CCCCN2)s1. The van der Waals surface area contributed by atoms with E-state index in [0.29, 0.717) is 17.9 Å². The number of carbonyl (C=O) groups excluding carboxylic acids is 1. The van der Waals surface area contributed by atoms with Gasteiger partial charge < -0.3 is 16.0 Å². The molecule has 186 valence electrons. The number of piperidine rings is 1. The largest absolute Gasteiger partial charge is 0.334 e. The number of thiazole rings is 1. The molecule has 1 atom stereocenters. The molecular weight excluding hydrogens is 460 g/mol. The Balaban J connectivity index is 1.54. The van der Waals surface area contributed by atoms with Gasteiger partial charge in [-0.15, -0.1) is 11.3 Å². The first-order valence-electron chi connectivity index (χ1n) is 12.0. The summed E-state index contributed by atoms with van der Waals surface area (Å²) >= 11 is 1.63. The quantitative estimate of drug-likeness (QED) is 0.280. The van der Waals surface area contributed by atoms with Crippen LogP contribution >= 0.6 is 11.3 Å². The van der Waals surface area contributed by atoms with Crippen LogP contribution < -0.4 is 26.5 Å². The zero-order valence-corrected chi connectivity index (χ0v) is 21.3. The van der Waals surface area contributed by atoms with Crippen molar-refractivity contribution in [1.82, 2.24) is 21.0 Å². The number of anilines is 2. The second kappa shape index (κ2) is 11.2. The van der Waals surface area contributed by atoms with E-state index in [9.17, 15) is 10.0 Å². The van der Waals surface area contributed by atoms with Crippen molar-refractivity contribution in [2.45, 2.75) is 58.2 Å².